The van der Waals surface area contributed by atoms with Gasteiger partial charge in [0.1, 0.15) is 12.1 Å². The lowest BCUT2D eigenvalue weighted by Crippen LogP contribution is -2.37. The van der Waals surface area contributed by atoms with Crippen molar-refractivity contribution in [3.63, 3.8) is 0 Å². The van der Waals surface area contributed by atoms with Crippen molar-refractivity contribution >= 4 is 23.6 Å². The zero-order chi connectivity index (χ0) is 22.1. The van der Waals surface area contributed by atoms with Crippen LogP contribution in [0.1, 0.15) is 37.5 Å². The molecule has 3 amide bonds. The summed E-state index contributed by atoms with van der Waals surface area (Å²) in [6.07, 6.45) is -0.331. The SMILES string of the molecule is Cc1ccccc1CC(=O)NCc1cccc(NC(=O)CNC(=O)OC(C)(C)C)c1. The van der Waals surface area contributed by atoms with E-state index in [0.29, 0.717) is 18.7 Å². The highest BCUT2D eigenvalue weighted by atomic mass is 16.6. The summed E-state index contributed by atoms with van der Waals surface area (Å²) in [4.78, 5) is 35.9. The van der Waals surface area contributed by atoms with Gasteiger partial charge in [-0.1, -0.05) is 36.4 Å². The van der Waals surface area contributed by atoms with E-state index in [2.05, 4.69) is 16.0 Å². The number of hydrogen-bond donors (Lipinski definition) is 3. The number of alkyl carbamates (subject to hydrolysis) is 1. The molecule has 0 saturated carbocycles. The van der Waals surface area contributed by atoms with Crippen molar-refractivity contribution in [2.75, 3.05) is 11.9 Å². The molecule has 0 aliphatic carbocycles. The van der Waals surface area contributed by atoms with Crippen molar-refractivity contribution in [3.05, 3.63) is 65.2 Å². The maximum Gasteiger partial charge on any atom is 0.408 e. The zero-order valence-electron chi connectivity index (χ0n) is 17.9. The van der Waals surface area contributed by atoms with Crippen LogP contribution in [-0.4, -0.2) is 30.1 Å². The van der Waals surface area contributed by atoms with Gasteiger partial charge in [-0.05, 0) is 56.5 Å². The van der Waals surface area contributed by atoms with Gasteiger partial charge in [-0.2, -0.15) is 0 Å². The first-order chi connectivity index (χ1) is 14.1. The molecule has 0 fully saturated rings. The van der Waals surface area contributed by atoms with Crippen LogP contribution < -0.4 is 16.0 Å². The van der Waals surface area contributed by atoms with Gasteiger partial charge >= 0.3 is 6.09 Å². The van der Waals surface area contributed by atoms with Gasteiger partial charge in [0, 0.05) is 12.2 Å². The molecule has 0 heterocycles. The maximum absolute atomic E-state index is 12.2. The summed E-state index contributed by atoms with van der Waals surface area (Å²) >= 11 is 0. The number of anilines is 1. The zero-order valence-corrected chi connectivity index (χ0v) is 17.9. The van der Waals surface area contributed by atoms with Crippen molar-refractivity contribution in [1.82, 2.24) is 10.6 Å². The Morgan fingerprint density at radius 3 is 2.37 bits per heavy atom. The summed E-state index contributed by atoms with van der Waals surface area (Å²) in [5.41, 5.74) is 2.88. The predicted molar refractivity (Wildman–Crippen MR) is 116 cm³/mol. The van der Waals surface area contributed by atoms with E-state index in [1.54, 1.807) is 39.0 Å². The Hall–Kier alpha value is -3.35. The van der Waals surface area contributed by atoms with Gasteiger partial charge in [0.05, 0.1) is 6.42 Å². The molecule has 0 radical (unpaired) electrons. The summed E-state index contributed by atoms with van der Waals surface area (Å²) in [6.45, 7) is 7.37. The number of carbonyl (C=O) groups excluding carboxylic acids is 3. The van der Waals surface area contributed by atoms with Gasteiger partial charge in [-0.25, -0.2) is 4.79 Å². The average Bonchev–Trinajstić information content (AvgIpc) is 2.66. The molecule has 0 unspecified atom stereocenters. The van der Waals surface area contributed by atoms with Gasteiger partial charge in [0.2, 0.25) is 11.8 Å². The lowest BCUT2D eigenvalue weighted by Gasteiger charge is -2.19. The molecular formula is C23H29N3O4. The molecule has 7 heteroatoms. The van der Waals surface area contributed by atoms with Crippen molar-refractivity contribution < 1.29 is 19.1 Å². The summed E-state index contributed by atoms with van der Waals surface area (Å²) in [7, 11) is 0. The van der Waals surface area contributed by atoms with E-state index in [0.717, 1.165) is 16.7 Å². The first-order valence-corrected chi connectivity index (χ1v) is 9.79. The van der Waals surface area contributed by atoms with E-state index in [1.165, 1.54) is 0 Å². The monoisotopic (exact) mass is 411 g/mol. The fraction of sp³-hybridized carbons (Fsp3) is 0.348. The van der Waals surface area contributed by atoms with Crippen molar-refractivity contribution in [2.45, 2.75) is 46.3 Å². The highest BCUT2D eigenvalue weighted by Gasteiger charge is 2.16. The maximum atomic E-state index is 12.2. The summed E-state index contributed by atoms with van der Waals surface area (Å²) in [5.74, 6) is -0.443. The molecule has 2 rings (SSSR count). The number of amides is 3. The lowest BCUT2D eigenvalue weighted by molar-refractivity contribution is -0.120. The van der Waals surface area contributed by atoms with Gasteiger partial charge in [-0.15, -0.1) is 0 Å². The highest BCUT2D eigenvalue weighted by Crippen LogP contribution is 2.12. The Balaban J connectivity index is 1.81. The van der Waals surface area contributed by atoms with Crippen LogP contribution in [0.4, 0.5) is 10.5 Å². The standard InChI is InChI=1S/C23H29N3O4/c1-16-8-5-6-10-18(16)13-20(27)24-14-17-9-7-11-19(12-17)26-21(28)15-25-22(29)30-23(2,3)4/h5-12H,13-15H2,1-4H3,(H,24,27)(H,25,29)(H,26,28). The molecule has 160 valence electrons. The molecule has 0 aliphatic heterocycles. The second kappa shape index (κ2) is 10.4. The van der Waals surface area contributed by atoms with E-state index in [-0.39, 0.29) is 18.4 Å². The Morgan fingerprint density at radius 2 is 1.67 bits per heavy atom. The minimum atomic E-state index is -0.650. The van der Waals surface area contributed by atoms with E-state index in [9.17, 15) is 14.4 Å². The van der Waals surface area contributed by atoms with Crippen LogP contribution in [0, 0.1) is 6.92 Å². The fourth-order valence-electron chi connectivity index (χ4n) is 2.68. The quantitative estimate of drug-likeness (QED) is 0.651. The molecule has 0 aromatic heterocycles. The predicted octanol–water partition coefficient (Wildman–Crippen LogP) is 3.32. The second-order valence-electron chi connectivity index (χ2n) is 7.98. The number of aryl methyl sites for hydroxylation is 1. The molecule has 2 aromatic rings. The highest BCUT2D eigenvalue weighted by molar-refractivity contribution is 5.93. The number of nitrogens with one attached hydrogen (secondary N) is 3. The fourth-order valence-corrected chi connectivity index (χ4v) is 2.68. The molecule has 0 aliphatic rings. The molecule has 7 nitrogen and oxygen atoms in total. The van der Waals surface area contributed by atoms with Crippen LogP contribution >= 0.6 is 0 Å². The van der Waals surface area contributed by atoms with E-state index in [4.69, 9.17) is 4.74 Å². The topological polar surface area (TPSA) is 96.5 Å². The van der Waals surface area contributed by atoms with Crippen molar-refractivity contribution in [1.29, 1.82) is 0 Å². The minimum Gasteiger partial charge on any atom is -0.444 e. The van der Waals surface area contributed by atoms with Crippen LogP contribution in [0.15, 0.2) is 48.5 Å². The number of hydrogen-bond acceptors (Lipinski definition) is 4. The van der Waals surface area contributed by atoms with Crippen molar-refractivity contribution in [2.24, 2.45) is 0 Å². The van der Waals surface area contributed by atoms with Gasteiger partial charge < -0.3 is 20.7 Å². The van der Waals surface area contributed by atoms with Crippen LogP contribution in [0.2, 0.25) is 0 Å². The summed E-state index contributed by atoms with van der Waals surface area (Å²) in [6, 6.07) is 15.0. The first kappa shape index (κ1) is 22.9. The largest absolute Gasteiger partial charge is 0.444 e. The molecule has 0 spiro atoms. The number of carbonyl (C=O) groups is 3. The third kappa shape index (κ3) is 8.34. The molecule has 0 atom stereocenters. The summed E-state index contributed by atoms with van der Waals surface area (Å²) in [5, 5.41) is 8.02. The Labute approximate surface area is 177 Å². The molecule has 0 bridgehead atoms. The second-order valence-corrected chi connectivity index (χ2v) is 7.98. The van der Waals surface area contributed by atoms with E-state index < -0.39 is 11.7 Å². The number of benzene rings is 2. The van der Waals surface area contributed by atoms with Crippen LogP contribution in [0.5, 0.6) is 0 Å². The van der Waals surface area contributed by atoms with E-state index >= 15 is 0 Å². The molecular weight excluding hydrogens is 382 g/mol. The van der Waals surface area contributed by atoms with Crippen LogP contribution in [0.3, 0.4) is 0 Å². The van der Waals surface area contributed by atoms with Gasteiger partial charge in [-0.3, -0.25) is 9.59 Å². The minimum absolute atomic E-state index is 0.0692. The van der Waals surface area contributed by atoms with Gasteiger partial charge in [0.25, 0.3) is 0 Å². The van der Waals surface area contributed by atoms with E-state index in [1.807, 2.05) is 37.3 Å². The molecule has 0 saturated heterocycles. The number of rotatable bonds is 7. The smallest absolute Gasteiger partial charge is 0.408 e. The van der Waals surface area contributed by atoms with Gasteiger partial charge in [0.15, 0.2) is 0 Å². The third-order valence-electron chi connectivity index (χ3n) is 4.10. The Morgan fingerprint density at radius 1 is 0.933 bits per heavy atom. The van der Waals surface area contributed by atoms with Crippen LogP contribution in [0.25, 0.3) is 0 Å². The molecule has 2 aromatic carbocycles. The lowest BCUT2D eigenvalue weighted by atomic mass is 10.1. The molecule has 30 heavy (non-hydrogen) atoms. The summed E-state index contributed by atoms with van der Waals surface area (Å²) < 4.78 is 5.09. The average molecular weight is 412 g/mol. The number of ether oxygens (including phenoxy) is 1. The van der Waals surface area contributed by atoms with Crippen molar-refractivity contribution in [3.8, 4) is 0 Å². The normalized spacial score (nSPS) is 10.8. The third-order valence-corrected chi connectivity index (χ3v) is 4.10. The molecule has 3 N–H and O–H groups in total. The first-order valence-electron chi connectivity index (χ1n) is 9.79. The van der Waals surface area contributed by atoms with Crippen LogP contribution in [-0.2, 0) is 27.3 Å². The Kier molecular flexibility index (Phi) is 7.98. The Bertz CT molecular complexity index is 903.